The molecule has 1 aliphatic carbocycles. The van der Waals surface area contributed by atoms with Crippen molar-refractivity contribution < 1.29 is 14.3 Å². The molecule has 0 unspecified atom stereocenters. The molecule has 1 N–H and O–H groups in total. The third-order valence-corrected chi connectivity index (χ3v) is 5.16. The number of carbonyl (C=O) groups excluding carboxylic acids is 2. The second-order valence-electron chi connectivity index (χ2n) is 6.15. The van der Waals surface area contributed by atoms with Crippen LogP contribution in [0.15, 0.2) is 29.2 Å². The van der Waals surface area contributed by atoms with Crippen molar-refractivity contribution in [2.75, 3.05) is 6.26 Å². The van der Waals surface area contributed by atoms with Gasteiger partial charge >= 0.3 is 5.97 Å². The molecule has 0 spiro atoms. The van der Waals surface area contributed by atoms with Crippen molar-refractivity contribution in [3.8, 4) is 0 Å². The molecule has 0 bridgehead atoms. The summed E-state index contributed by atoms with van der Waals surface area (Å²) in [5.41, 5.74) is 0.466. The molecule has 5 heteroatoms. The molecule has 1 amide bonds. The van der Waals surface area contributed by atoms with Crippen LogP contribution in [0.5, 0.6) is 0 Å². The third kappa shape index (κ3) is 4.99. The van der Waals surface area contributed by atoms with Gasteiger partial charge in [0.15, 0.2) is 6.10 Å². The van der Waals surface area contributed by atoms with Crippen molar-refractivity contribution in [3.05, 3.63) is 29.8 Å². The SMILES string of the molecule is CSc1ccc(C(=O)O[C@H](C)C(=O)N[C@@H]2CCCC[C@@H]2C)cc1. The van der Waals surface area contributed by atoms with Gasteiger partial charge in [0.05, 0.1) is 5.56 Å². The normalized spacial score (nSPS) is 22.2. The first-order valence-corrected chi connectivity index (χ1v) is 9.39. The van der Waals surface area contributed by atoms with E-state index >= 15 is 0 Å². The van der Waals surface area contributed by atoms with Gasteiger partial charge in [0.2, 0.25) is 0 Å². The standard InChI is InChI=1S/C18H25NO3S/c1-12-6-4-5-7-16(12)19-17(20)13(2)22-18(21)14-8-10-15(23-3)11-9-14/h8-13,16H,4-7H2,1-3H3,(H,19,20)/t12-,13+,16+/m0/s1. The van der Waals surface area contributed by atoms with Gasteiger partial charge in [-0.25, -0.2) is 4.79 Å². The molecule has 23 heavy (non-hydrogen) atoms. The minimum absolute atomic E-state index is 0.193. The maximum Gasteiger partial charge on any atom is 0.338 e. The zero-order chi connectivity index (χ0) is 16.8. The Morgan fingerprint density at radius 1 is 1.22 bits per heavy atom. The molecule has 0 radical (unpaired) electrons. The van der Waals surface area contributed by atoms with E-state index in [1.807, 2.05) is 18.4 Å². The minimum atomic E-state index is -0.781. The molecule has 0 heterocycles. The molecule has 0 aromatic heterocycles. The second kappa shape index (κ2) is 8.39. The van der Waals surface area contributed by atoms with Crippen LogP contribution in [0.1, 0.15) is 49.9 Å². The number of hydrogen-bond donors (Lipinski definition) is 1. The lowest BCUT2D eigenvalue weighted by Gasteiger charge is -2.30. The molecule has 1 aromatic carbocycles. The minimum Gasteiger partial charge on any atom is -0.449 e. The Hall–Kier alpha value is -1.49. The van der Waals surface area contributed by atoms with E-state index in [1.54, 1.807) is 30.8 Å². The Morgan fingerprint density at radius 3 is 2.48 bits per heavy atom. The number of ether oxygens (including phenoxy) is 1. The smallest absolute Gasteiger partial charge is 0.338 e. The van der Waals surface area contributed by atoms with E-state index in [9.17, 15) is 9.59 Å². The Labute approximate surface area is 142 Å². The predicted molar refractivity (Wildman–Crippen MR) is 92.7 cm³/mol. The number of amides is 1. The van der Waals surface area contributed by atoms with Gasteiger partial charge in [-0.2, -0.15) is 0 Å². The first-order valence-electron chi connectivity index (χ1n) is 8.16. The van der Waals surface area contributed by atoms with Gasteiger partial charge in [-0.3, -0.25) is 4.79 Å². The highest BCUT2D eigenvalue weighted by molar-refractivity contribution is 7.98. The van der Waals surface area contributed by atoms with Crippen LogP contribution in [0.25, 0.3) is 0 Å². The summed E-state index contributed by atoms with van der Waals surface area (Å²) in [6, 6.07) is 7.38. The molecule has 3 atom stereocenters. The average molecular weight is 335 g/mol. The third-order valence-electron chi connectivity index (χ3n) is 4.42. The van der Waals surface area contributed by atoms with Crippen LogP contribution in [0.3, 0.4) is 0 Å². The lowest BCUT2D eigenvalue weighted by molar-refractivity contribution is -0.130. The molecule has 4 nitrogen and oxygen atoms in total. The van der Waals surface area contributed by atoms with E-state index in [1.165, 1.54) is 6.42 Å². The van der Waals surface area contributed by atoms with Crippen molar-refractivity contribution in [3.63, 3.8) is 0 Å². The first-order chi connectivity index (χ1) is 11.0. The van der Waals surface area contributed by atoms with Gasteiger partial charge in [-0.1, -0.05) is 19.8 Å². The van der Waals surface area contributed by atoms with Crippen LogP contribution < -0.4 is 5.32 Å². The Bertz CT molecular complexity index is 544. The summed E-state index contributed by atoms with van der Waals surface area (Å²) >= 11 is 1.61. The van der Waals surface area contributed by atoms with Crippen LogP contribution in [-0.4, -0.2) is 30.3 Å². The van der Waals surface area contributed by atoms with Crippen molar-refractivity contribution >= 4 is 23.6 Å². The second-order valence-corrected chi connectivity index (χ2v) is 7.03. The molecule has 0 saturated heterocycles. The molecule has 1 saturated carbocycles. The topological polar surface area (TPSA) is 55.4 Å². The average Bonchev–Trinajstić information content (AvgIpc) is 2.56. The molecule has 1 aliphatic rings. The Morgan fingerprint density at radius 2 is 1.87 bits per heavy atom. The molecular weight excluding hydrogens is 310 g/mol. The quantitative estimate of drug-likeness (QED) is 0.659. The van der Waals surface area contributed by atoms with Crippen molar-refractivity contribution in [1.29, 1.82) is 0 Å². The van der Waals surface area contributed by atoms with E-state index in [2.05, 4.69) is 12.2 Å². The maximum absolute atomic E-state index is 12.2. The largest absolute Gasteiger partial charge is 0.449 e. The van der Waals surface area contributed by atoms with Crippen molar-refractivity contribution in [2.45, 2.75) is 56.6 Å². The van der Waals surface area contributed by atoms with E-state index in [0.29, 0.717) is 11.5 Å². The molecule has 0 aliphatic heterocycles. The fraction of sp³-hybridized carbons (Fsp3) is 0.556. The fourth-order valence-electron chi connectivity index (χ4n) is 2.84. The maximum atomic E-state index is 12.2. The summed E-state index contributed by atoms with van der Waals surface area (Å²) in [7, 11) is 0. The summed E-state index contributed by atoms with van der Waals surface area (Å²) in [5.74, 6) is -0.190. The number of nitrogens with one attached hydrogen (secondary N) is 1. The van der Waals surface area contributed by atoms with Crippen molar-refractivity contribution in [1.82, 2.24) is 5.32 Å². The monoisotopic (exact) mass is 335 g/mol. The van der Waals surface area contributed by atoms with Crippen LogP contribution >= 0.6 is 11.8 Å². The highest BCUT2D eigenvalue weighted by atomic mass is 32.2. The van der Waals surface area contributed by atoms with Gasteiger partial charge < -0.3 is 10.1 Å². The number of thioether (sulfide) groups is 1. The van der Waals surface area contributed by atoms with E-state index in [0.717, 1.165) is 24.2 Å². The van der Waals surface area contributed by atoms with E-state index in [-0.39, 0.29) is 11.9 Å². The molecule has 126 valence electrons. The lowest BCUT2D eigenvalue weighted by Crippen LogP contribution is -2.45. The summed E-state index contributed by atoms with van der Waals surface area (Å²) in [6.07, 6.45) is 5.71. The van der Waals surface area contributed by atoms with Crippen LogP contribution in [-0.2, 0) is 9.53 Å². The van der Waals surface area contributed by atoms with Gasteiger partial charge in [0.25, 0.3) is 5.91 Å². The summed E-state index contributed by atoms with van der Waals surface area (Å²) in [4.78, 5) is 25.4. The first kappa shape index (κ1) is 17.9. The molecule has 1 aromatic rings. The van der Waals surface area contributed by atoms with Gasteiger partial charge in [-0.15, -0.1) is 11.8 Å². The predicted octanol–water partition coefficient (Wildman–Crippen LogP) is 3.65. The molecular formula is C18H25NO3S. The number of esters is 1. The van der Waals surface area contributed by atoms with Gasteiger partial charge in [-0.05, 0) is 56.2 Å². The Kier molecular flexibility index (Phi) is 6.51. The zero-order valence-corrected chi connectivity index (χ0v) is 14.8. The number of rotatable bonds is 5. The summed E-state index contributed by atoms with van der Waals surface area (Å²) < 4.78 is 5.29. The van der Waals surface area contributed by atoms with E-state index in [4.69, 9.17) is 4.74 Å². The number of hydrogen-bond acceptors (Lipinski definition) is 4. The lowest BCUT2D eigenvalue weighted by atomic mass is 9.86. The highest BCUT2D eigenvalue weighted by Gasteiger charge is 2.26. The van der Waals surface area contributed by atoms with E-state index < -0.39 is 12.1 Å². The number of benzene rings is 1. The van der Waals surface area contributed by atoms with Gasteiger partial charge in [0.1, 0.15) is 0 Å². The summed E-state index contributed by atoms with van der Waals surface area (Å²) in [6.45, 7) is 3.78. The van der Waals surface area contributed by atoms with Crippen molar-refractivity contribution in [2.24, 2.45) is 5.92 Å². The highest BCUT2D eigenvalue weighted by Crippen LogP contribution is 2.24. The van der Waals surface area contributed by atoms with Crippen LogP contribution in [0.2, 0.25) is 0 Å². The summed E-state index contributed by atoms with van der Waals surface area (Å²) in [5, 5.41) is 3.02. The fourth-order valence-corrected chi connectivity index (χ4v) is 3.25. The Balaban J connectivity index is 1.87. The van der Waals surface area contributed by atoms with Gasteiger partial charge in [0, 0.05) is 10.9 Å². The van der Waals surface area contributed by atoms with Crippen LogP contribution in [0, 0.1) is 5.92 Å². The van der Waals surface area contributed by atoms with Crippen LogP contribution in [0.4, 0.5) is 0 Å². The molecule has 2 rings (SSSR count). The number of carbonyl (C=O) groups is 2. The molecule has 1 fully saturated rings. The zero-order valence-electron chi connectivity index (χ0n) is 14.0.